The molecule has 25 heavy (non-hydrogen) atoms. The number of nitrogens with zero attached hydrogens (tertiary/aromatic N) is 2. The summed E-state index contributed by atoms with van der Waals surface area (Å²) < 4.78 is 25.7. The lowest BCUT2D eigenvalue weighted by Gasteiger charge is -2.17. The number of nitro groups is 1. The number of anilines is 1. The number of non-ortho nitro benzene ring substituents is 1. The number of hydrogen-bond donors (Lipinski definition) is 1. The van der Waals surface area contributed by atoms with Crippen molar-refractivity contribution in [3.8, 4) is 0 Å². The van der Waals surface area contributed by atoms with E-state index in [1.807, 2.05) is 0 Å². The predicted molar refractivity (Wildman–Crippen MR) is 93.0 cm³/mol. The first-order valence-electron chi connectivity index (χ1n) is 6.96. The van der Waals surface area contributed by atoms with Gasteiger partial charge in [-0.25, -0.2) is 8.42 Å². The Morgan fingerprint density at radius 1 is 1.16 bits per heavy atom. The fourth-order valence-corrected chi connectivity index (χ4v) is 3.19. The Kier molecular flexibility index (Phi) is 5.73. The second-order valence-corrected chi connectivity index (χ2v) is 7.55. The van der Waals surface area contributed by atoms with E-state index < -0.39 is 27.4 Å². The van der Waals surface area contributed by atoms with Gasteiger partial charge in [0.15, 0.2) is 0 Å². The van der Waals surface area contributed by atoms with E-state index in [4.69, 9.17) is 11.6 Å². The standard InChI is InChI=1S/C15H14ClN3O5S/c1-18(25(23,24)14-8-2-11(16)3-9-14)10-15(20)17-12-4-6-13(7-5-12)19(21)22/h2-9H,10H2,1H3,(H,17,20). The SMILES string of the molecule is CN(CC(=O)Nc1ccc([N+](=O)[O-])cc1)S(=O)(=O)c1ccc(Cl)cc1. The minimum atomic E-state index is -3.84. The number of sulfonamides is 1. The molecule has 0 radical (unpaired) electrons. The molecule has 2 aromatic carbocycles. The second-order valence-electron chi connectivity index (χ2n) is 5.07. The number of hydrogen-bond acceptors (Lipinski definition) is 5. The van der Waals surface area contributed by atoms with Crippen LogP contribution in [0, 0.1) is 10.1 Å². The number of carbonyl (C=O) groups excluding carboxylic acids is 1. The molecule has 0 aliphatic rings. The zero-order chi connectivity index (χ0) is 18.6. The third kappa shape index (κ3) is 4.75. The van der Waals surface area contributed by atoms with Crippen LogP contribution < -0.4 is 5.32 Å². The summed E-state index contributed by atoms with van der Waals surface area (Å²) in [5.41, 5.74) is 0.216. The van der Waals surface area contributed by atoms with Gasteiger partial charge in [0.2, 0.25) is 15.9 Å². The van der Waals surface area contributed by atoms with Crippen LogP contribution in [0.1, 0.15) is 0 Å². The van der Waals surface area contributed by atoms with Crippen LogP contribution >= 0.6 is 11.6 Å². The lowest BCUT2D eigenvalue weighted by Crippen LogP contribution is -2.34. The summed E-state index contributed by atoms with van der Waals surface area (Å²) >= 11 is 5.73. The molecule has 2 rings (SSSR count). The minimum absolute atomic E-state index is 0.0162. The fraction of sp³-hybridized carbons (Fsp3) is 0.133. The fourth-order valence-electron chi connectivity index (χ4n) is 1.94. The van der Waals surface area contributed by atoms with Crippen molar-refractivity contribution in [3.63, 3.8) is 0 Å². The summed E-state index contributed by atoms with van der Waals surface area (Å²) in [6.45, 7) is -0.415. The van der Waals surface area contributed by atoms with Crippen molar-refractivity contribution in [3.05, 3.63) is 63.7 Å². The summed E-state index contributed by atoms with van der Waals surface area (Å²) in [5, 5.41) is 13.5. The number of halogens is 1. The number of benzene rings is 2. The first-order valence-corrected chi connectivity index (χ1v) is 8.78. The molecule has 0 saturated carbocycles. The largest absolute Gasteiger partial charge is 0.325 e. The lowest BCUT2D eigenvalue weighted by atomic mass is 10.3. The minimum Gasteiger partial charge on any atom is -0.325 e. The van der Waals surface area contributed by atoms with E-state index in [-0.39, 0.29) is 10.6 Å². The van der Waals surface area contributed by atoms with Crippen molar-refractivity contribution in [2.75, 3.05) is 18.9 Å². The Hall–Kier alpha value is -2.49. The van der Waals surface area contributed by atoms with E-state index in [9.17, 15) is 23.3 Å². The topological polar surface area (TPSA) is 110 Å². The highest BCUT2D eigenvalue weighted by Gasteiger charge is 2.23. The maximum atomic E-state index is 12.4. The number of amides is 1. The van der Waals surface area contributed by atoms with E-state index >= 15 is 0 Å². The van der Waals surface area contributed by atoms with E-state index in [1.54, 1.807) is 0 Å². The van der Waals surface area contributed by atoms with E-state index in [2.05, 4.69) is 5.32 Å². The molecule has 132 valence electrons. The highest BCUT2D eigenvalue weighted by Crippen LogP contribution is 2.18. The number of likely N-dealkylation sites (N-methyl/N-ethyl adjacent to an activating group) is 1. The smallest absolute Gasteiger partial charge is 0.269 e. The van der Waals surface area contributed by atoms with Crippen LogP contribution in [0.4, 0.5) is 11.4 Å². The molecule has 0 spiro atoms. The predicted octanol–water partition coefficient (Wildman–Crippen LogP) is 2.51. The number of nitro benzene ring substituents is 1. The maximum Gasteiger partial charge on any atom is 0.269 e. The highest BCUT2D eigenvalue weighted by molar-refractivity contribution is 7.89. The average Bonchev–Trinajstić information content (AvgIpc) is 2.55. The van der Waals surface area contributed by atoms with Crippen LogP contribution in [-0.2, 0) is 14.8 Å². The molecule has 0 aliphatic heterocycles. The molecule has 0 fully saturated rings. The molecule has 0 atom stereocenters. The first kappa shape index (κ1) is 18.8. The molecule has 0 saturated heterocycles. The lowest BCUT2D eigenvalue weighted by molar-refractivity contribution is -0.384. The highest BCUT2D eigenvalue weighted by atomic mass is 35.5. The van der Waals surface area contributed by atoms with Gasteiger partial charge in [-0.2, -0.15) is 4.31 Å². The maximum absolute atomic E-state index is 12.4. The molecular weight excluding hydrogens is 370 g/mol. The molecule has 2 aromatic rings. The van der Waals surface area contributed by atoms with Gasteiger partial charge in [-0.05, 0) is 36.4 Å². The molecule has 10 heteroatoms. The van der Waals surface area contributed by atoms with E-state index in [1.165, 1.54) is 55.6 Å². The van der Waals surface area contributed by atoms with Crippen molar-refractivity contribution >= 4 is 38.9 Å². The van der Waals surface area contributed by atoms with Crippen molar-refractivity contribution < 1.29 is 18.1 Å². The Morgan fingerprint density at radius 2 is 1.72 bits per heavy atom. The van der Waals surface area contributed by atoms with Gasteiger partial charge in [0, 0.05) is 29.9 Å². The summed E-state index contributed by atoms with van der Waals surface area (Å²) in [7, 11) is -2.56. The van der Waals surface area contributed by atoms with Gasteiger partial charge >= 0.3 is 0 Å². The Bertz CT molecular complexity index is 882. The van der Waals surface area contributed by atoms with Gasteiger partial charge in [-0.15, -0.1) is 0 Å². The second kappa shape index (κ2) is 7.60. The summed E-state index contributed by atoms with van der Waals surface area (Å²) in [6, 6.07) is 10.8. The first-order chi connectivity index (χ1) is 11.7. The van der Waals surface area contributed by atoms with Crippen molar-refractivity contribution in [2.45, 2.75) is 4.90 Å². The average molecular weight is 384 g/mol. The molecular formula is C15H14ClN3O5S. The Balaban J connectivity index is 2.04. The molecule has 8 nitrogen and oxygen atoms in total. The Labute approximate surface area is 149 Å². The monoisotopic (exact) mass is 383 g/mol. The van der Waals surface area contributed by atoms with E-state index in [0.29, 0.717) is 10.7 Å². The zero-order valence-electron chi connectivity index (χ0n) is 13.0. The van der Waals surface area contributed by atoms with Crippen LogP contribution in [0.15, 0.2) is 53.4 Å². The third-order valence-corrected chi connectivity index (χ3v) is 5.32. The molecule has 0 bridgehead atoms. The quantitative estimate of drug-likeness (QED) is 0.608. The normalized spacial score (nSPS) is 11.3. The van der Waals surface area contributed by atoms with Gasteiger partial charge in [-0.1, -0.05) is 11.6 Å². The van der Waals surface area contributed by atoms with Gasteiger partial charge in [-0.3, -0.25) is 14.9 Å². The van der Waals surface area contributed by atoms with Crippen molar-refractivity contribution in [1.29, 1.82) is 0 Å². The third-order valence-electron chi connectivity index (χ3n) is 3.25. The number of nitrogens with one attached hydrogen (secondary N) is 1. The number of rotatable bonds is 6. The zero-order valence-corrected chi connectivity index (χ0v) is 14.6. The van der Waals surface area contributed by atoms with Crippen LogP contribution in [-0.4, -0.2) is 37.1 Å². The molecule has 0 aliphatic carbocycles. The van der Waals surface area contributed by atoms with Crippen LogP contribution in [0.25, 0.3) is 0 Å². The molecule has 1 amide bonds. The molecule has 0 aromatic heterocycles. The van der Waals surface area contributed by atoms with Crippen LogP contribution in [0.5, 0.6) is 0 Å². The Morgan fingerprint density at radius 3 is 2.24 bits per heavy atom. The van der Waals surface area contributed by atoms with Gasteiger partial charge in [0.1, 0.15) is 0 Å². The summed E-state index contributed by atoms with van der Waals surface area (Å²) in [5.74, 6) is -0.575. The van der Waals surface area contributed by atoms with Gasteiger partial charge in [0.25, 0.3) is 5.69 Å². The molecule has 1 N–H and O–H groups in total. The summed E-state index contributed by atoms with van der Waals surface area (Å²) in [4.78, 5) is 22.0. The van der Waals surface area contributed by atoms with E-state index in [0.717, 1.165) is 4.31 Å². The van der Waals surface area contributed by atoms with Gasteiger partial charge < -0.3 is 5.32 Å². The van der Waals surface area contributed by atoms with Crippen LogP contribution in [0.3, 0.4) is 0 Å². The van der Waals surface area contributed by atoms with Crippen molar-refractivity contribution in [2.24, 2.45) is 0 Å². The number of carbonyl (C=O) groups is 1. The molecule has 0 unspecified atom stereocenters. The van der Waals surface area contributed by atoms with Gasteiger partial charge in [0.05, 0.1) is 16.4 Å². The summed E-state index contributed by atoms with van der Waals surface area (Å²) in [6.07, 6.45) is 0. The molecule has 0 heterocycles. The van der Waals surface area contributed by atoms with Crippen molar-refractivity contribution in [1.82, 2.24) is 4.31 Å². The van der Waals surface area contributed by atoms with Crippen LogP contribution in [0.2, 0.25) is 5.02 Å².